The summed E-state index contributed by atoms with van der Waals surface area (Å²) in [5, 5.41) is 0. The summed E-state index contributed by atoms with van der Waals surface area (Å²) in [7, 11) is -3.54. The van der Waals surface area contributed by atoms with E-state index in [1.54, 1.807) is 23.9 Å². The van der Waals surface area contributed by atoms with E-state index < -0.39 is 10.0 Å². The zero-order valence-electron chi connectivity index (χ0n) is 13.0. The van der Waals surface area contributed by atoms with E-state index >= 15 is 0 Å². The molecule has 0 aliphatic carbocycles. The van der Waals surface area contributed by atoms with E-state index in [0.717, 1.165) is 23.7 Å². The van der Waals surface area contributed by atoms with Crippen LogP contribution in [-0.4, -0.2) is 27.8 Å². The Balaban J connectivity index is 1.74. The second-order valence-electron chi connectivity index (χ2n) is 5.52. The van der Waals surface area contributed by atoms with Crippen molar-refractivity contribution in [3.63, 3.8) is 0 Å². The molecule has 1 aliphatic rings. The van der Waals surface area contributed by atoms with Crippen LogP contribution in [0.1, 0.15) is 12.8 Å². The third-order valence-electron chi connectivity index (χ3n) is 3.96. The number of nitrogens with one attached hydrogen (secondary N) is 1. The lowest BCUT2D eigenvalue weighted by Gasteiger charge is -2.18. The molecule has 4 nitrogen and oxygen atoms in total. The molecule has 1 heterocycles. The van der Waals surface area contributed by atoms with Crippen LogP contribution < -0.4 is 9.62 Å². The lowest BCUT2D eigenvalue weighted by Crippen LogP contribution is -2.17. The van der Waals surface area contributed by atoms with E-state index in [9.17, 15) is 8.42 Å². The Bertz CT molecular complexity index is 750. The molecule has 0 saturated carbocycles. The fraction of sp³-hybridized carbons (Fsp3) is 0.294. The maximum atomic E-state index is 12.4. The highest BCUT2D eigenvalue weighted by Crippen LogP contribution is 2.24. The Morgan fingerprint density at radius 1 is 0.957 bits per heavy atom. The van der Waals surface area contributed by atoms with Gasteiger partial charge in [-0.1, -0.05) is 0 Å². The molecule has 0 atom stereocenters. The number of hydrogen-bond donors (Lipinski definition) is 1. The topological polar surface area (TPSA) is 49.4 Å². The minimum atomic E-state index is -3.54. The standard InChI is InChI=1S/C17H20N2O2S2/c1-22-16-8-10-17(11-9-16)23(20,21)18-14-4-6-15(7-5-14)19-12-2-3-13-19/h4-11,18H,2-3,12-13H2,1H3. The second kappa shape index (κ2) is 6.84. The molecule has 0 radical (unpaired) electrons. The molecule has 0 aromatic heterocycles. The van der Waals surface area contributed by atoms with E-state index in [1.807, 2.05) is 42.7 Å². The molecule has 23 heavy (non-hydrogen) atoms. The smallest absolute Gasteiger partial charge is 0.261 e. The molecule has 2 aromatic rings. The van der Waals surface area contributed by atoms with Gasteiger partial charge in [-0.3, -0.25) is 4.72 Å². The molecule has 1 N–H and O–H groups in total. The number of nitrogens with zero attached hydrogens (tertiary/aromatic N) is 1. The van der Waals surface area contributed by atoms with Gasteiger partial charge in [0.2, 0.25) is 0 Å². The Kier molecular flexibility index (Phi) is 4.82. The lowest BCUT2D eigenvalue weighted by molar-refractivity contribution is 0.601. The van der Waals surface area contributed by atoms with Gasteiger partial charge in [0.05, 0.1) is 4.90 Å². The van der Waals surface area contributed by atoms with Crippen LogP contribution in [0.25, 0.3) is 0 Å². The predicted molar refractivity (Wildman–Crippen MR) is 96.9 cm³/mol. The number of thioether (sulfide) groups is 1. The number of benzene rings is 2. The van der Waals surface area contributed by atoms with Crippen molar-refractivity contribution < 1.29 is 8.42 Å². The van der Waals surface area contributed by atoms with Crippen LogP contribution in [0.2, 0.25) is 0 Å². The first-order valence-electron chi connectivity index (χ1n) is 7.60. The monoisotopic (exact) mass is 348 g/mol. The van der Waals surface area contributed by atoms with Gasteiger partial charge >= 0.3 is 0 Å². The number of sulfonamides is 1. The molecule has 1 aliphatic heterocycles. The van der Waals surface area contributed by atoms with Crippen molar-refractivity contribution in [1.82, 2.24) is 0 Å². The summed E-state index contributed by atoms with van der Waals surface area (Å²) in [6, 6.07) is 14.5. The Labute approximate surface area is 142 Å². The first-order chi connectivity index (χ1) is 11.1. The average molecular weight is 348 g/mol. The van der Waals surface area contributed by atoms with Crippen molar-refractivity contribution in [2.75, 3.05) is 29.0 Å². The van der Waals surface area contributed by atoms with Gasteiger partial charge in [0.1, 0.15) is 0 Å². The van der Waals surface area contributed by atoms with E-state index in [0.29, 0.717) is 5.69 Å². The van der Waals surface area contributed by atoms with Gasteiger partial charge in [-0.2, -0.15) is 0 Å². The maximum Gasteiger partial charge on any atom is 0.261 e. The first-order valence-corrected chi connectivity index (χ1v) is 10.3. The molecule has 1 fully saturated rings. The van der Waals surface area contributed by atoms with Gasteiger partial charge in [-0.05, 0) is 67.6 Å². The first kappa shape index (κ1) is 16.2. The number of anilines is 2. The van der Waals surface area contributed by atoms with Crippen molar-refractivity contribution in [2.45, 2.75) is 22.6 Å². The molecule has 6 heteroatoms. The maximum absolute atomic E-state index is 12.4. The Hall–Kier alpha value is -1.66. The largest absolute Gasteiger partial charge is 0.372 e. The van der Waals surface area contributed by atoms with Crippen molar-refractivity contribution in [1.29, 1.82) is 0 Å². The molecule has 2 aromatic carbocycles. The van der Waals surface area contributed by atoms with Gasteiger partial charge in [-0.25, -0.2) is 8.42 Å². The van der Waals surface area contributed by atoms with Crippen LogP contribution in [0, 0.1) is 0 Å². The van der Waals surface area contributed by atoms with Crippen molar-refractivity contribution in [3.8, 4) is 0 Å². The average Bonchev–Trinajstić information content (AvgIpc) is 3.10. The number of rotatable bonds is 5. The minimum absolute atomic E-state index is 0.277. The van der Waals surface area contributed by atoms with E-state index in [2.05, 4.69) is 9.62 Å². The molecule has 122 valence electrons. The third kappa shape index (κ3) is 3.82. The van der Waals surface area contributed by atoms with Gasteiger partial charge in [0, 0.05) is 29.4 Å². The van der Waals surface area contributed by atoms with Crippen LogP contribution >= 0.6 is 11.8 Å². The minimum Gasteiger partial charge on any atom is -0.372 e. The molecule has 0 spiro atoms. The van der Waals surface area contributed by atoms with Crippen LogP contribution in [0.15, 0.2) is 58.3 Å². The van der Waals surface area contributed by atoms with Gasteiger partial charge < -0.3 is 4.90 Å². The van der Waals surface area contributed by atoms with Gasteiger partial charge in [0.25, 0.3) is 10.0 Å². The highest BCUT2D eigenvalue weighted by molar-refractivity contribution is 7.98. The SMILES string of the molecule is CSc1ccc(S(=O)(=O)Nc2ccc(N3CCCC3)cc2)cc1. The summed E-state index contributed by atoms with van der Waals surface area (Å²) in [5.74, 6) is 0. The second-order valence-corrected chi connectivity index (χ2v) is 8.08. The predicted octanol–water partition coefficient (Wildman–Crippen LogP) is 3.81. The summed E-state index contributed by atoms with van der Waals surface area (Å²) < 4.78 is 27.5. The van der Waals surface area contributed by atoms with Crippen LogP contribution in [-0.2, 0) is 10.0 Å². The van der Waals surface area contributed by atoms with Crippen molar-refractivity contribution in [3.05, 3.63) is 48.5 Å². The number of hydrogen-bond acceptors (Lipinski definition) is 4. The summed E-state index contributed by atoms with van der Waals surface area (Å²) in [4.78, 5) is 3.64. The molecule has 0 unspecified atom stereocenters. The molecule has 3 rings (SSSR count). The van der Waals surface area contributed by atoms with Crippen LogP contribution in [0.4, 0.5) is 11.4 Å². The third-order valence-corrected chi connectivity index (χ3v) is 6.10. The van der Waals surface area contributed by atoms with E-state index in [1.165, 1.54) is 12.8 Å². The zero-order chi connectivity index (χ0) is 16.3. The summed E-state index contributed by atoms with van der Waals surface area (Å²) in [5.41, 5.74) is 1.73. The van der Waals surface area contributed by atoms with E-state index in [-0.39, 0.29) is 4.90 Å². The van der Waals surface area contributed by atoms with E-state index in [4.69, 9.17) is 0 Å². The van der Waals surface area contributed by atoms with Gasteiger partial charge in [-0.15, -0.1) is 11.8 Å². The molecular weight excluding hydrogens is 328 g/mol. The lowest BCUT2D eigenvalue weighted by atomic mass is 10.2. The Morgan fingerprint density at radius 2 is 1.57 bits per heavy atom. The summed E-state index contributed by atoms with van der Waals surface area (Å²) in [6.07, 6.45) is 4.41. The fourth-order valence-corrected chi connectivity index (χ4v) is 4.15. The molecule has 1 saturated heterocycles. The normalized spacial score (nSPS) is 14.9. The summed E-state index contributed by atoms with van der Waals surface area (Å²) in [6.45, 7) is 2.15. The molecular formula is C17H20N2O2S2. The fourth-order valence-electron chi connectivity index (χ4n) is 2.68. The van der Waals surface area contributed by atoms with Crippen LogP contribution in [0.5, 0.6) is 0 Å². The highest BCUT2D eigenvalue weighted by atomic mass is 32.2. The molecule has 0 bridgehead atoms. The van der Waals surface area contributed by atoms with Crippen molar-refractivity contribution in [2.24, 2.45) is 0 Å². The van der Waals surface area contributed by atoms with Gasteiger partial charge in [0.15, 0.2) is 0 Å². The zero-order valence-corrected chi connectivity index (χ0v) is 14.7. The quantitative estimate of drug-likeness (QED) is 0.835. The summed E-state index contributed by atoms with van der Waals surface area (Å²) >= 11 is 1.59. The highest BCUT2D eigenvalue weighted by Gasteiger charge is 2.15. The Morgan fingerprint density at radius 3 is 2.13 bits per heavy atom. The van der Waals surface area contributed by atoms with Crippen molar-refractivity contribution >= 4 is 33.2 Å². The molecule has 0 amide bonds. The van der Waals surface area contributed by atoms with Crippen LogP contribution in [0.3, 0.4) is 0 Å².